The zero-order chi connectivity index (χ0) is 18.6. The number of alkyl carbamates (subject to hydrolysis) is 1. The molecule has 1 fully saturated rings. The van der Waals surface area contributed by atoms with E-state index in [1.54, 1.807) is 13.1 Å². The average molecular weight is 359 g/mol. The standard InChI is InChI=1S/C20H26FN3O2/c1-14-22-12-17(23-14)18(16-9-6-10-20(2,21)11-16)24-19(25)26-13-15-7-4-3-5-8-15/h3-5,7-8,12,16,18H,6,9-11,13H2,1-2H3,(H,22,23)(H,24,25)/t16-,18?,20?/m0/s1. The van der Waals surface area contributed by atoms with Crippen molar-refractivity contribution in [2.45, 2.75) is 57.8 Å². The van der Waals surface area contributed by atoms with Crippen molar-refractivity contribution >= 4 is 6.09 Å². The number of hydrogen-bond acceptors (Lipinski definition) is 3. The Morgan fingerprint density at radius 2 is 2.23 bits per heavy atom. The second kappa shape index (κ2) is 7.89. The number of benzene rings is 1. The topological polar surface area (TPSA) is 67.0 Å². The van der Waals surface area contributed by atoms with Gasteiger partial charge in [0.25, 0.3) is 0 Å². The van der Waals surface area contributed by atoms with Crippen molar-refractivity contribution in [1.29, 1.82) is 0 Å². The molecule has 5 nitrogen and oxygen atoms in total. The number of nitrogens with one attached hydrogen (secondary N) is 2. The highest BCUT2D eigenvalue weighted by Gasteiger charge is 2.37. The fourth-order valence-corrected chi connectivity index (χ4v) is 3.71. The van der Waals surface area contributed by atoms with Crippen molar-refractivity contribution < 1.29 is 13.9 Å². The molecule has 3 rings (SSSR count). The molecule has 1 aromatic carbocycles. The molecule has 0 spiro atoms. The summed E-state index contributed by atoms with van der Waals surface area (Å²) in [5.41, 5.74) is 0.513. The Bertz CT molecular complexity index is 730. The van der Waals surface area contributed by atoms with Gasteiger partial charge < -0.3 is 15.0 Å². The number of carbonyl (C=O) groups is 1. The number of hydrogen-bond donors (Lipinski definition) is 2. The van der Waals surface area contributed by atoms with Gasteiger partial charge >= 0.3 is 6.09 Å². The molecule has 0 aliphatic heterocycles. The van der Waals surface area contributed by atoms with E-state index in [9.17, 15) is 9.18 Å². The van der Waals surface area contributed by atoms with Crippen LogP contribution in [0.15, 0.2) is 36.5 Å². The molecular weight excluding hydrogens is 333 g/mol. The lowest BCUT2D eigenvalue weighted by molar-refractivity contribution is 0.0727. The normalized spacial score (nSPS) is 24.0. The van der Waals surface area contributed by atoms with Crippen molar-refractivity contribution in [1.82, 2.24) is 15.3 Å². The van der Waals surface area contributed by atoms with Crippen molar-refractivity contribution in [3.8, 4) is 0 Å². The van der Waals surface area contributed by atoms with Crippen LogP contribution in [0.25, 0.3) is 0 Å². The second-order valence-electron chi connectivity index (χ2n) is 7.38. The van der Waals surface area contributed by atoms with Crippen LogP contribution in [0.4, 0.5) is 9.18 Å². The number of aryl methyl sites for hydroxylation is 1. The summed E-state index contributed by atoms with van der Waals surface area (Å²) in [6, 6.07) is 9.18. The van der Waals surface area contributed by atoms with Crippen LogP contribution >= 0.6 is 0 Å². The maximum absolute atomic E-state index is 14.5. The van der Waals surface area contributed by atoms with Gasteiger partial charge in [-0.05, 0) is 51.0 Å². The van der Waals surface area contributed by atoms with Crippen molar-refractivity contribution in [3.63, 3.8) is 0 Å². The third-order valence-corrected chi connectivity index (χ3v) is 4.98. The molecule has 6 heteroatoms. The molecule has 1 heterocycles. The van der Waals surface area contributed by atoms with E-state index in [4.69, 9.17) is 4.74 Å². The fourth-order valence-electron chi connectivity index (χ4n) is 3.71. The summed E-state index contributed by atoms with van der Waals surface area (Å²) in [7, 11) is 0. The molecule has 0 saturated heterocycles. The minimum Gasteiger partial charge on any atom is -0.445 e. The lowest BCUT2D eigenvalue weighted by atomic mass is 9.76. The lowest BCUT2D eigenvalue weighted by Crippen LogP contribution is -2.39. The van der Waals surface area contributed by atoms with Crippen molar-refractivity contribution in [3.05, 3.63) is 53.6 Å². The summed E-state index contributed by atoms with van der Waals surface area (Å²) in [4.78, 5) is 19.8. The van der Waals surface area contributed by atoms with Gasteiger partial charge in [-0.3, -0.25) is 0 Å². The maximum atomic E-state index is 14.5. The summed E-state index contributed by atoms with van der Waals surface area (Å²) in [5, 5.41) is 2.93. The average Bonchev–Trinajstić information content (AvgIpc) is 3.04. The van der Waals surface area contributed by atoms with Crippen LogP contribution in [0.2, 0.25) is 0 Å². The van der Waals surface area contributed by atoms with Gasteiger partial charge in [-0.25, -0.2) is 14.2 Å². The Hall–Kier alpha value is -2.37. The monoisotopic (exact) mass is 359 g/mol. The van der Waals surface area contributed by atoms with E-state index in [0.717, 1.165) is 29.9 Å². The van der Waals surface area contributed by atoms with Crippen LogP contribution in [0, 0.1) is 12.8 Å². The number of aromatic amines is 1. The zero-order valence-corrected chi connectivity index (χ0v) is 15.3. The molecule has 1 aliphatic rings. The van der Waals surface area contributed by atoms with Gasteiger partial charge in [-0.1, -0.05) is 30.3 Å². The highest BCUT2D eigenvalue weighted by atomic mass is 19.1. The molecule has 0 radical (unpaired) electrons. The summed E-state index contributed by atoms with van der Waals surface area (Å²) in [6.07, 6.45) is 3.85. The van der Waals surface area contributed by atoms with Crippen molar-refractivity contribution in [2.24, 2.45) is 5.92 Å². The van der Waals surface area contributed by atoms with E-state index in [2.05, 4.69) is 15.3 Å². The van der Waals surface area contributed by atoms with Gasteiger partial charge in [-0.2, -0.15) is 0 Å². The first-order valence-electron chi connectivity index (χ1n) is 9.10. The number of imidazole rings is 1. The molecule has 1 amide bonds. The predicted molar refractivity (Wildman–Crippen MR) is 97.3 cm³/mol. The number of aromatic nitrogens is 2. The first-order chi connectivity index (χ1) is 12.4. The number of ether oxygens (including phenoxy) is 1. The van der Waals surface area contributed by atoms with Gasteiger partial charge in [-0.15, -0.1) is 0 Å². The first-order valence-corrected chi connectivity index (χ1v) is 9.10. The molecule has 1 aromatic heterocycles. The number of halogens is 1. The number of carbonyl (C=O) groups excluding carboxylic acids is 1. The van der Waals surface area contributed by atoms with Crippen LogP contribution in [0.1, 0.15) is 55.7 Å². The Morgan fingerprint density at radius 1 is 1.46 bits per heavy atom. The molecule has 2 N–H and O–H groups in total. The summed E-state index contributed by atoms with van der Waals surface area (Å²) in [5.74, 6) is 0.770. The minimum atomic E-state index is -1.20. The van der Waals surface area contributed by atoms with Crippen LogP contribution in [0.5, 0.6) is 0 Å². The Labute approximate surface area is 153 Å². The molecule has 140 valence electrons. The molecule has 1 aliphatic carbocycles. The number of amides is 1. The second-order valence-corrected chi connectivity index (χ2v) is 7.38. The number of nitrogens with zero attached hydrogens (tertiary/aromatic N) is 1. The molecule has 26 heavy (non-hydrogen) atoms. The summed E-state index contributed by atoms with van der Waals surface area (Å²) < 4.78 is 19.9. The third-order valence-electron chi connectivity index (χ3n) is 4.98. The SMILES string of the molecule is Cc1ncc(C(NC(=O)OCc2ccccc2)[C@H]2CCCC(C)(F)C2)[nH]1. The highest BCUT2D eigenvalue weighted by Crippen LogP contribution is 2.40. The quantitative estimate of drug-likeness (QED) is 0.819. The van der Waals surface area contributed by atoms with Crippen LogP contribution in [-0.4, -0.2) is 21.7 Å². The van der Waals surface area contributed by atoms with Gasteiger partial charge in [0.1, 0.15) is 18.1 Å². The van der Waals surface area contributed by atoms with Gasteiger partial charge in [0.05, 0.1) is 17.9 Å². The largest absolute Gasteiger partial charge is 0.445 e. The van der Waals surface area contributed by atoms with E-state index in [1.165, 1.54) is 0 Å². The molecule has 2 unspecified atom stereocenters. The molecular formula is C20H26FN3O2. The lowest BCUT2D eigenvalue weighted by Gasteiger charge is -2.36. The summed E-state index contributed by atoms with van der Waals surface area (Å²) >= 11 is 0. The summed E-state index contributed by atoms with van der Waals surface area (Å²) in [6.45, 7) is 3.70. The van der Waals surface area contributed by atoms with Gasteiger partial charge in [0.15, 0.2) is 0 Å². The third kappa shape index (κ3) is 4.84. The fraction of sp³-hybridized carbons (Fsp3) is 0.500. The number of rotatable bonds is 5. The molecule has 0 bridgehead atoms. The maximum Gasteiger partial charge on any atom is 0.408 e. The Balaban J connectivity index is 1.68. The Kier molecular flexibility index (Phi) is 5.59. The van der Waals surface area contributed by atoms with Gasteiger partial charge in [0.2, 0.25) is 0 Å². The predicted octanol–water partition coefficient (Wildman–Crippen LogP) is 4.60. The number of alkyl halides is 1. The van der Waals surface area contributed by atoms with Crippen molar-refractivity contribution in [2.75, 3.05) is 0 Å². The van der Waals surface area contributed by atoms with E-state index in [0.29, 0.717) is 12.8 Å². The first kappa shape index (κ1) is 18.4. The zero-order valence-electron chi connectivity index (χ0n) is 15.3. The van der Waals surface area contributed by atoms with Crippen LogP contribution < -0.4 is 5.32 Å². The van der Waals surface area contributed by atoms with E-state index in [1.807, 2.05) is 37.3 Å². The smallest absolute Gasteiger partial charge is 0.408 e. The minimum absolute atomic E-state index is 0.00266. The highest BCUT2D eigenvalue weighted by molar-refractivity contribution is 5.67. The van der Waals surface area contributed by atoms with Crippen LogP contribution in [0.3, 0.4) is 0 Å². The molecule has 3 atom stereocenters. The van der Waals surface area contributed by atoms with Gasteiger partial charge in [0, 0.05) is 0 Å². The van der Waals surface area contributed by atoms with Crippen LogP contribution in [-0.2, 0) is 11.3 Å². The number of H-pyrrole nitrogens is 1. The van der Waals surface area contributed by atoms with E-state index >= 15 is 0 Å². The van der Waals surface area contributed by atoms with E-state index < -0.39 is 11.8 Å². The Morgan fingerprint density at radius 3 is 2.88 bits per heavy atom. The molecule has 2 aromatic rings. The van der Waals surface area contributed by atoms with E-state index in [-0.39, 0.29) is 18.6 Å². The molecule has 1 saturated carbocycles.